The van der Waals surface area contributed by atoms with Crippen molar-refractivity contribution in [2.45, 2.75) is 12.0 Å². The molecule has 0 radical (unpaired) electrons. The number of carbonyl (C=O) groups is 1. The highest BCUT2D eigenvalue weighted by Crippen LogP contribution is 2.53. The maximum absolute atomic E-state index is 12.8. The third-order valence-electron chi connectivity index (χ3n) is 5.44. The minimum atomic E-state index is -0.817. The summed E-state index contributed by atoms with van der Waals surface area (Å²) in [5.74, 6) is 1.50. The molecule has 1 aromatic heterocycles. The van der Waals surface area contributed by atoms with Crippen LogP contribution >= 0.6 is 39.3 Å². The summed E-state index contributed by atoms with van der Waals surface area (Å²) in [6.07, 6.45) is 2.24. The number of amidine groups is 1. The predicted octanol–water partition coefficient (Wildman–Crippen LogP) is 5.68. The number of thioether (sulfide) groups is 1. The number of nitro groups is 1. The fourth-order valence-electron chi connectivity index (χ4n) is 3.91. The van der Waals surface area contributed by atoms with E-state index in [4.69, 9.17) is 21.3 Å². The Bertz CT molecular complexity index is 1280. The van der Waals surface area contributed by atoms with Crippen LogP contribution in [0.4, 0.5) is 5.69 Å². The molecule has 2 aliphatic heterocycles. The van der Waals surface area contributed by atoms with Gasteiger partial charge in [-0.2, -0.15) is 0 Å². The van der Waals surface area contributed by atoms with Gasteiger partial charge in [-0.15, -0.1) is 0 Å². The first-order chi connectivity index (χ1) is 15.9. The summed E-state index contributed by atoms with van der Waals surface area (Å²) in [6, 6.07) is 12.9. The fourth-order valence-corrected chi connectivity index (χ4v) is 5.41. The SMILES string of the molecule is O=C(NC1=NC2(CCS1)c1cc(Br)ccc1Oc1cnc(Cl)cc12)c1ccc([N+](=O)[O-])cc1. The lowest BCUT2D eigenvalue weighted by Crippen LogP contribution is -2.39. The van der Waals surface area contributed by atoms with Crippen LogP contribution in [-0.2, 0) is 5.54 Å². The Kier molecular flexibility index (Phi) is 5.59. The molecule has 8 nitrogen and oxygen atoms in total. The highest BCUT2D eigenvalue weighted by Gasteiger charge is 2.45. The van der Waals surface area contributed by atoms with Gasteiger partial charge in [0.25, 0.3) is 11.6 Å². The molecule has 0 aliphatic carbocycles. The number of pyridine rings is 1. The average Bonchev–Trinajstić information content (AvgIpc) is 2.81. The molecule has 5 rings (SSSR count). The number of aromatic nitrogens is 1. The molecule has 1 atom stereocenters. The first kappa shape index (κ1) is 21.9. The van der Waals surface area contributed by atoms with Gasteiger partial charge in [-0.25, -0.2) is 9.98 Å². The standard InChI is InChI=1S/C22H14BrClN4O4S/c23-13-3-6-17-15(9-13)22(16-10-19(24)25-11-18(16)32-17)7-8-33-21(27-22)26-20(29)12-1-4-14(5-2-12)28(30)31/h1-6,9-11H,7-8H2,(H,26,27,29). The van der Waals surface area contributed by atoms with Crippen molar-refractivity contribution in [1.29, 1.82) is 0 Å². The number of hydrogen-bond acceptors (Lipinski definition) is 7. The van der Waals surface area contributed by atoms with E-state index in [-0.39, 0.29) is 5.69 Å². The summed E-state index contributed by atoms with van der Waals surface area (Å²) < 4.78 is 6.94. The second-order valence-corrected chi connectivity index (χ2v) is 9.77. The number of rotatable bonds is 2. The quantitative estimate of drug-likeness (QED) is 0.252. The van der Waals surface area contributed by atoms with Gasteiger partial charge in [0.15, 0.2) is 10.9 Å². The fraction of sp³-hybridized carbons (Fsp3) is 0.136. The lowest BCUT2D eigenvalue weighted by atomic mass is 9.79. The van der Waals surface area contributed by atoms with E-state index in [0.29, 0.717) is 39.6 Å². The van der Waals surface area contributed by atoms with Crippen molar-refractivity contribution in [3.8, 4) is 11.5 Å². The Hall–Kier alpha value is -2.95. The van der Waals surface area contributed by atoms with Gasteiger partial charge in [0.1, 0.15) is 16.4 Å². The van der Waals surface area contributed by atoms with Gasteiger partial charge in [0.2, 0.25) is 0 Å². The van der Waals surface area contributed by atoms with Crippen LogP contribution in [0.5, 0.6) is 11.5 Å². The number of halogens is 2. The average molecular weight is 546 g/mol. The highest BCUT2D eigenvalue weighted by molar-refractivity contribution is 9.10. The largest absolute Gasteiger partial charge is 0.455 e. The minimum absolute atomic E-state index is 0.0821. The first-order valence-corrected chi connectivity index (χ1v) is 11.9. The molecular weight excluding hydrogens is 532 g/mol. The van der Waals surface area contributed by atoms with Crippen molar-refractivity contribution in [2.75, 3.05) is 5.75 Å². The van der Waals surface area contributed by atoms with Crippen molar-refractivity contribution in [3.63, 3.8) is 0 Å². The number of nitrogens with one attached hydrogen (secondary N) is 1. The van der Waals surface area contributed by atoms with E-state index in [2.05, 4.69) is 26.2 Å². The van der Waals surface area contributed by atoms with Crippen LogP contribution in [0, 0.1) is 10.1 Å². The molecular formula is C22H14BrClN4O4S. The lowest BCUT2D eigenvalue weighted by molar-refractivity contribution is -0.384. The van der Waals surface area contributed by atoms with Crippen LogP contribution < -0.4 is 10.1 Å². The Morgan fingerprint density at radius 1 is 1.18 bits per heavy atom. The van der Waals surface area contributed by atoms with Crippen LogP contribution in [0.2, 0.25) is 5.15 Å². The van der Waals surface area contributed by atoms with Crippen molar-refractivity contribution in [1.82, 2.24) is 10.3 Å². The molecule has 1 N–H and O–H groups in total. The second kappa shape index (κ2) is 8.44. The molecule has 1 unspecified atom stereocenters. The summed E-state index contributed by atoms with van der Waals surface area (Å²) in [6.45, 7) is 0. The third-order valence-corrected chi connectivity index (χ3v) is 7.02. The van der Waals surface area contributed by atoms with E-state index in [1.807, 2.05) is 18.2 Å². The Morgan fingerprint density at radius 3 is 2.70 bits per heavy atom. The van der Waals surface area contributed by atoms with E-state index < -0.39 is 16.4 Å². The number of carbonyl (C=O) groups excluding carboxylic acids is 1. The monoisotopic (exact) mass is 544 g/mol. The lowest BCUT2D eigenvalue weighted by Gasteiger charge is -2.39. The van der Waals surface area contributed by atoms with E-state index >= 15 is 0 Å². The molecule has 0 saturated carbocycles. The summed E-state index contributed by atoms with van der Waals surface area (Å²) in [7, 11) is 0. The Balaban J connectivity index is 1.56. The number of benzene rings is 2. The van der Waals surface area contributed by atoms with Gasteiger partial charge >= 0.3 is 0 Å². The first-order valence-electron chi connectivity index (χ1n) is 9.78. The second-order valence-electron chi connectivity index (χ2n) is 7.38. The molecule has 1 spiro atoms. The third kappa shape index (κ3) is 3.98. The zero-order valence-corrected chi connectivity index (χ0v) is 19.9. The van der Waals surface area contributed by atoms with E-state index in [1.165, 1.54) is 36.0 Å². The molecule has 166 valence electrons. The zero-order chi connectivity index (χ0) is 23.2. The molecule has 33 heavy (non-hydrogen) atoms. The molecule has 0 fully saturated rings. The number of aliphatic imine (C=N–C) groups is 1. The number of hydrogen-bond donors (Lipinski definition) is 1. The smallest absolute Gasteiger partial charge is 0.269 e. The van der Waals surface area contributed by atoms with Crippen LogP contribution in [0.25, 0.3) is 0 Å². The number of fused-ring (bicyclic) bond motifs is 4. The minimum Gasteiger partial charge on any atom is -0.455 e. The molecule has 11 heteroatoms. The van der Waals surface area contributed by atoms with Crippen LogP contribution in [0.3, 0.4) is 0 Å². The number of amides is 1. The summed E-state index contributed by atoms with van der Waals surface area (Å²) in [5, 5.41) is 14.5. The number of nitrogens with zero attached hydrogens (tertiary/aromatic N) is 3. The predicted molar refractivity (Wildman–Crippen MR) is 129 cm³/mol. The molecule has 2 aromatic carbocycles. The summed E-state index contributed by atoms with van der Waals surface area (Å²) in [4.78, 5) is 32.3. The normalized spacial score (nSPS) is 18.5. The van der Waals surface area contributed by atoms with Crippen LogP contribution in [0.1, 0.15) is 27.9 Å². The summed E-state index contributed by atoms with van der Waals surface area (Å²) >= 11 is 11.2. The molecule has 0 bridgehead atoms. The van der Waals surface area contributed by atoms with Crippen molar-refractivity contribution >= 4 is 56.1 Å². The van der Waals surface area contributed by atoms with Crippen LogP contribution in [-0.4, -0.2) is 26.7 Å². The van der Waals surface area contributed by atoms with Gasteiger partial charge in [0.05, 0.1) is 11.1 Å². The molecule has 3 aromatic rings. The molecule has 2 aliphatic rings. The Labute approximate surface area is 205 Å². The number of ether oxygens (including phenoxy) is 1. The van der Waals surface area contributed by atoms with Gasteiger partial charge < -0.3 is 10.1 Å². The van der Waals surface area contributed by atoms with Gasteiger partial charge in [-0.05, 0) is 42.8 Å². The number of non-ortho nitro benzene ring substituents is 1. The number of nitro benzene ring substituents is 1. The van der Waals surface area contributed by atoms with E-state index in [0.717, 1.165) is 15.6 Å². The van der Waals surface area contributed by atoms with Crippen molar-refractivity contribution in [3.05, 3.63) is 91.2 Å². The van der Waals surface area contributed by atoms with E-state index in [9.17, 15) is 14.9 Å². The van der Waals surface area contributed by atoms with Gasteiger partial charge in [-0.1, -0.05) is 39.3 Å². The van der Waals surface area contributed by atoms with Crippen molar-refractivity contribution < 1.29 is 14.5 Å². The van der Waals surface area contributed by atoms with Crippen LogP contribution in [0.15, 0.2) is 64.2 Å². The maximum atomic E-state index is 12.8. The van der Waals surface area contributed by atoms with Gasteiger partial charge in [0, 0.05) is 39.0 Å². The molecule has 1 amide bonds. The maximum Gasteiger partial charge on any atom is 0.269 e. The summed E-state index contributed by atoms with van der Waals surface area (Å²) in [5.41, 5.74) is 1.03. The Morgan fingerprint density at radius 2 is 1.94 bits per heavy atom. The molecule has 0 saturated heterocycles. The molecule has 3 heterocycles. The topological polar surface area (TPSA) is 107 Å². The zero-order valence-electron chi connectivity index (χ0n) is 16.7. The highest BCUT2D eigenvalue weighted by atomic mass is 79.9. The van der Waals surface area contributed by atoms with Gasteiger partial charge in [-0.3, -0.25) is 14.9 Å². The van der Waals surface area contributed by atoms with Crippen molar-refractivity contribution in [2.24, 2.45) is 4.99 Å². The van der Waals surface area contributed by atoms with E-state index in [1.54, 1.807) is 12.3 Å².